The second-order valence-electron chi connectivity index (χ2n) is 6.02. The highest BCUT2D eigenvalue weighted by Gasteiger charge is 2.25. The Morgan fingerprint density at radius 3 is 2.46 bits per heavy atom. The summed E-state index contributed by atoms with van der Waals surface area (Å²) in [6, 6.07) is 9.61. The average Bonchev–Trinajstić information content (AvgIpc) is 2.61. The summed E-state index contributed by atoms with van der Waals surface area (Å²) in [6.07, 6.45) is 1.30. The molecule has 6 nitrogen and oxygen atoms in total. The smallest absolute Gasteiger partial charge is 0.306 e. The Morgan fingerprint density at radius 2 is 1.88 bits per heavy atom. The molecule has 0 atom stereocenters. The summed E-state index contributed by atoms with van der Waals surface area (Å²) < 4.78 is 5.18. The maximum atomic E-state index is 11.1. The van der Waals surface area contributed by atoms with Crippen molar-refractivity contribution >= 4 is 11.8 Å². The van der Waals surface area contributed by atoms with Crippen molar-refractivity contribution < 1.29 is 14.6 Å². The molecule has 126 valence electrons. The third-order valence-electron chi connectivity index (χ3n) is 4.36. The molecular weight excluding hydrogens is 306 g/mol. The van der Waals surface area contributed by atoms with E-state index in [-0.39, 0.29) is 5.92 Å². The molecule has 1 aliphatic heterocycles. The van der Waals surface area contributed by atoms with Crippen molar-refractivity contribution in [1.82, 2.24) is 9.97 Å². The lowest BCUT2D eigenvalue weighted by Crippen LogP contribution is -2.36. The largest absolute Gasteiger partial charge is 0.497 e. The van der Waals surface area contributed by atoms with E-state index in [1.807, 2.05) is 37.3 Å². The first-order valence-corrected chi connectivity index (χ1v) is 8.04. The van der Waals surface area contributed by atoms with Gasteiger partial charge in [-0.15, -0.1) is 0 Å². The maximum absolute atomic E-state index is 11.1. The van der Waals surface area contributed by atoms with Gasteiger partial charge in [0.15, 0.2) is 5.82 Å². The summed E-state index contributed by atoms with van der Waals surface area (Å²) in [4.78, 5) is 22.4. The predicted octanol–water partition coefficient (Wildman–Crippen LogP) is 2.76. The molecule has 1 fully saturated rings. The van der Waals surface area contributed by atoms with Crippen LogP contribution in [0.25, 0.3) is 11.4 Å². The Labute approximate surface area is 141 Å². The lowest BCUT2D eigenvalue weighted by molar-refractivity contribution is -0.142. The molecule has 0 unspecified atom stereocenters. The van der Waals surface area contributed by atoms with Crippen molar-refractivity contribution in [3.63, 3.8) is 0 Å². The minimum absolute atomic E-state index is 0.245. The second kappa shape index (κ2) is 6.86. The third kappa shape index (κ3) is 3.48. The van der Waals surface area contributed by atoms with E-state index in [0.29, 0.717) is 31.8 Å². The SMILES string of the molecule is COc1ccc(-c2nc(C)cc(N3CCC(C(=O)O)CC3)n2)cc1. The minimum Gasteiger partial charge on any atom is -0.497 e. The highest BCUT2D eigenvalue weighted by Crippen LogP contribution is 2.26. The lowest BCUT2D eigenvalue weighted by atomic mass is 9.97. The van der Waals surface area contributed by atoms with Gasteiger partial charge in [0, 0.05) is 30.4 Å². The average molecular weight is 327 g/mol. The van der Waals surface area contributed by atoms with Gasteiger partial charge < -0.3 is 14.7 Å². The Hall–Kier alpha value is -2.63. The minimum atomic E-state index is -0.701. The molecule has 2 aromatic rings. The number of ether oxygens (including phenoxy) is 1. The van der Waals surface area contributed by atoms with Gasteiger partial charge in [0.1, 0.15) is 11.6 Å². The molecule has 3 rings (SSSR count). The molecule has 1 aromatic heterocycles. The van der Waals surface area contributed by atoms with Gasteiger partial charge >= 0.3 is 5.97 Å². The van der Waals surface area contributed by atoms with Crippen LogP contribution in [0.4, 0.5) is 5.82 Å². The number of aryl methyl sites for hydroxylation is 1. The number of carboxylic acid groups (broad SMARTS) is 1. The van der Waals surface area contributed by atoms with Gasteiger partial charge in [-0.25, -0.2) is 9.97 Å². The number of anilines is 1. The molecule has 2 heterocycles. The highest BCUT2D eigenvalue weighted by atomic mass is 16.5. The number of carbonyl (C=O) groups is 1. The zero-order valence-corrected chi connectivity index (χ0v) is 13.9. The van der Waals surface area contributed by atoms with E-state index < -0.39 is 5.97 Å². The van der Waals surface area contributed by atoms with E-state index in [2.05, 4.69) is 14.9 Å². The molecule has 0 bridgehead atoms. The molecule has 0 saturated carbocycles. The predicted molar refractivity (Wildman–Crippen MR) is 91.3 cm³/mol. The number of rotatable bonds is 4. The van der Waals surface area contributed by atoms with E-state index in [4.69, 9.17) is 9.84 Å². The molecule has 0 amide bonds. The number of piperidine rings is 1. The first-order valence-electron chi connectivity index (χ1n) is 8.04. The number of hydrogen-bond donors (Lipinski definition) is 1. The quantitative estimate of drug-likeness (QED) is 0.930. The summed E-state index contributed by atoms with van der Waals surface area (Å²) in [5.74, 6) is 1.38. The summed E-state index contributed by atoms with van der Waals surface area (Å²) >= 11 is 0. The van der Waals surface area contributed by atoms with Crippen molar-refractivity contribution in [2.24, 2.45) is 5.92 Å². The number of nitrogens with zero attached hydrogens (tertiary/aromatic N) is 3. The van der Waals surface area contributed by atoms with Gasteiger partial charge in [0.05, 0.1) is 13.0 Å². The Bertz CT molecular complexity index is 723. The zero-order valence-electron chi connectivity index (χ0n) is 13.9. The number of hydrogen-bond acceptors (Lipinski definition) is 5. The Balaban J connectivity index is 1.82. The second-order valence-corrected chi connectivity index (χ2v) is 6.02. The summed E-state index contributed by atoms with van der Waals surface area (Å²) in [6.45, 7) is 3.35. The van der Waals surface area contributed by atoms with Crippen molar-refractivity contribution in [3.05, 3.63) is 36.0 Å². The molecule has 0 radical (unpaired) electrons. The van der Waals surface area contributed by atoms with Crippen molar-refractivity contribution in [2.75, 3.05) is 25.1 Å². The van der Waals surface area contributed by atoms with Crippen molar-refractivity contribution in [2.45, 2.75) is 19.8 Å². The van der Waals surface area contributed by atoms with Crippen molar-refractivity contribution in [1.29, 1.82) is 0 Å². The van der Waals surface area contributed by atoms with Gasteiger partial charge in [0.2, 0.25) is 0 Å². The first kappa shape index (κ1) is 16.2. The maximum Gasteiger partial charge on any atom is 0.306 e. The molecule has 1 aliphatic rings. The van der Waals surface area contributed by atoms with Gasteiger partial charge in [-0.2, -0.15) is 0 Å². The van der Waals surface area contributed by atoms with Gasteiger partial charge in [-0.3, -0.25) is 4.79 Å². The van der Waals surface area contributed by atoms with Crippen LogP contribution in [0.3, 0.4) is 0 Å². The number of methoxy groups -OCH3 is 1. The molecule has 1 aromatic carbocycles. The monoisotopic (exact) mass is 327 g/mol. The molecule has 1 saturated heterocycles. The zero-order chi connectivity index (χ0) is 17.1. The standard InChI is InChI=1S/C18H21N3O3/c1-12-11-16(21-9-7-14(8-10-21)18(22)23)20-17(19-12)13-3-5-15(24-2)6-4-13/h3-6,11,14H,7-10H2,1-2H3,(H,22,23). The molecular formula is C18H21N3O3. The van der Waals surface area contributed by atoms with Crippen LogP contribution >= 0.6 is 0 Å². The van der Waals surface area contributed by atoms with E-state index in [9.17, 15) is 4.79 Å². The molecule has 0 aliphatic carbocycles. The van der Waals surface area contributed by atoms with Crippen LogP contribution in [-0.4, -0.2) is 41.2 Å². The fourth-order valence-corrected chi connectivity index (χ4v) is 2.94. The highest BCUT2D eigenvalue weighted by molar-refractivity contribution is 5.70. The lowest BCUT2D eigenvalue weighted by Gasteiger charge is -2.31. The molecule has 6 heteroatoms. The van der Waals surface area contributed by atoms with Crippen LogP contribution in [0.15, 0.2) is 30.3 Å². The molecule has 0 spiro atoms. The summed E-state index contributed by atoms with van der Waals surface area (Å²) in [5, 5.41) is 9.12. The summed E-state index contributed by atoms with van der Waals surface area (Å²) in [5.41, 5.74) is 1.83. The van der Waals surface area contributed by atoms with E-state index in [1.165, 1.54) is 0 Å². The van der Waals surface area contributed by atoms with Crippen LogP contribution in [0.5, 0.6) is 5.75 Å². The number of aromatic nitrogens is 2. The van der Waals surface area contributed by atoms with Crippen LogP contribution < -0.4 is 9.64 Å². The van der Waals surface area contributed by atoms with Crippen LogP contribution in [0.2, 0.25) is 0 Å². The first-order chi connectivity index (χ1) is 11.6. The van der Waals surface area contributed by atoms with E-state index >= 15 is 0 Å². The Kier molecular flexibility index (Phi) is 4.64. The van der Waals surface area contributed by atoms with Crippen molar-refractivity contribution in [3.8, 4) is 17.1 Å². The van der Waals surface area contributed by atoms with E-state index in [0.717, 1.165) is 22.8 Å². The molecule has 1 N–H and O–H groups in total. The fourth-order valence-electron chi connectivity index (χ4n) is 2.94. The van der Waals surface area contributed by atoms with Gasteiger partial charge in [-0.1, -0.05) is 0 Å². The van der Waals surface area contributed by atoms with Crippen LogP contribution in [0.1, 0.15) is 18.5 Å². The summed E-state index contributed by atoms with van der Waals surface area (Å²) in [7, 11) is 1.64. The van der Waals surface area contributed by atoms with Crippen LogP contribution in [0, 0.1) is 12.8 Å². The Morgan fingerprint density at radius 1 is 1.21 bits per heavy atom. The number of aliphatic carboxylic acids is 1. The topological polar surface area (TPSA) is 75.5 Å². The third-order valence-corrected chi connectivity index (χ3v) is 4.36. The van der Waals surface area contributed by atoms with Crippen LogP contribution in [-0.2, 0) is 4.79 Å². The normalized spacial score (nSPS) is 15.3. The molecule has 24 heavy (non-hydrogen) atoms. The fraction of sp³-hybridized carbons (Fsp3) is 0.389. The van der Waals surface area contributed by atoms with E-state index in [1.54, 1.807) is 7.11 Å². The van der Waals surface area contributed by atoms with Gasteiger partial charge in [0.25, 0.3) is 0 Å². The number of benzene rings is 1. The van der Waals surface area contributed by atoms with Gasteiger partial charge in [-0.05, 0) is 44.0 Å². The number of carboxylic acids is 1.